The van der Waals surface area contributed by atoms with Crippen molar-refractivity contribution in [3.8, 4) is 0 Å². The van der Waals surface area contributed by atoms with Crippen LogP contribution in [0.25, 0.3) is 0 Å². The van der Waals surface area contributed by atoms with Crippen LogP contribution in [0.4, 0.5) is 4.79 Å². The first-order chi connectivity index (χ1) is 12.8. The average molecular weight is 415 g/mol. The van der Waals surface area contributed by atoms with E-state index in [1.54, 1.807) is 23.1 Å². The molecule has 1 unspecified atom stereocenters. The van der Waals surface area contributed by atoms with Gasteiger partial charge < -0.3 is 15.0 Å². The van der Waals surface area contributed by atoms with Crippen molar-refractivity contribution >= 4 is 35.2 Å². The van der Waals surface area contributed by atoms with E-state index in [-0.39, 0.29) is 23.8 Å². The molecular formula is C20H28Cl2N2O3. The minimum atomic E-state index is -0.287. The van der Waals surface area contributed by atoms with Gasteiger partial charge in [-0.25, -0.2) is 4.79 Å². The van der Waals surface area contributed by atoms with Gasteiger partial charge in [-0.3, -0.25) is 4.79 Å². The van der Waals surface area contributed by atoms with Gasteiger partial charge in [0.1, 0.15) is 0 Å². The van der Waals surface area contributed by atoms with Gasteiger partial charge >= 0.3 is 6.09 Å². The summed E-state index contributed by atoms with van der Waals surface area (Å²) < 4.78 is 5.25. The number of ether oxygens (including phenoxy) is 1. The summed E-state index contributed by atoms with van der Waals surface area (Å²) in [5.74, 6) is 0.250. The maximum Gasteiger partial charge on any atom is 0.409 e. The maximum absolute atomic E-state index is 12.5. The predicted octanol–water partition coefficient (Wildman–Crippen LogP) is 4.72. The highest BCUT2D eigenvalue weighted by atomic mass is 35.5. The molecule has 0 saturated carbocycles. The van der Waals surface area contributed by atoms with Gasteiger partial charge in [-0.05, 0) is 36.5 Å². The average Bonchev–Trinajstić information content (AvgIpc) is 2.64. The lowest BCUT2D eigenvalue weighted by molar-refractivity contribution is -0.126. The van der Waals surface area contributed by atoms with Gasteiger partial charge in [0.05, 0.1) is 6.61 Å². The number of rotatable bonds is 6. The third kappa shape index (κ3) is 6.28. The van der Waals surface area contributed by atoms with E-state index in [1.807, 2.05) is 20.8 Å². The largest absolute Gasteiger partial charge is 0.449 e. The summed E-state index contributed by atoms with van der Waals surface area (Å²) in [7, 11) is 0. The highest BCUT2D eigenvalue weighted by Crippen LogP contribution is 2.31. The predicted molar refractivity (Wildman–Crippen MR) is 108 cm³/mol. The zero-order chi connectivity index (χ0) is 20.0. The highest BCUT2D eigenvalue weighted by molar-refractivity contribution is 6.36. The first-order valence-corrected chi connectivity index (χ1v) is 10.2. The smallest absolute Gasteiger partial charge is 0.409 e. The molecule has 0 radical (unpaired) electrons. The third-order valence-electron chi connectivity index (χ3n) is 4.74. The van der Waals surface area contributed by atoms with Crippen LogP contribution >= 0.6 is 23.2 Å². The molecule has 1 aromatic rings. The van der Waals surface area contributed by atoms with Crippen LogP contribution in [0.5, 0.6) is 0 Å². The van der Waals surface area contributed by atoms with Gasteiger partial charge in [-0.15, -0.1) is 0 Å². The second-order valence-corrected chi connectivity index (χ2v) is 8.33. The Balaban J connectivity index is 1.78. The minimum absolute atomic E-state index is 0.0141. The maximum atomic E-state index is 12.5. The molecule has 5 nitrogen and oxygen atoms in total. The van der Waals surface area contributed by atoms with Crippen molar-refractivity contribution < 1.29 is 14.3 Å². The molecular weight excluding hydrogens is 387 g/mol. The van der Waals surface area contributed by atoms with Crippen LogP contribution in [0.2, 0.25) is 10.0 Å². The summed E-state index contributed by atoms with van der Waals surface area (Å²) in [5, 5.41) is 4.22. The summed E-state index contributed by atoms with van der Waals surface area (Å²) in [6, 6.07) is 5.41. The minimum Gasteiger partial charge on any atom is -0.449 e. The van der Waals surface area contributed by atoms with Crippen molar-refractivity contribution in [1.82, 2.24) is 10.2 Å². The second kappa shape index (κ2) is 10.2. The van der Waals surface area contributed by atoms with Gasteiger partial charge in [0, 0.05) is 41.5 Å². The number of amides is 2. The lowest BCUT2D eigenvalue weighted by Crippen LogP contribution is -2.44. The summed E-state index contributed by atoms with van der Waals surface area (Å²) in [4.78, 5) is 26.2. The first-order valence-electron chi connectivity index (χ1n) is 9.43. The molecule has 1 heterocycles. The van der Waals surface area contributed by atoms with E-state index in [0.717, 1.165) is 5.56 Å². The SMILES string of the molecule is CC(C)COC(=O)N1CCC(C(=O)NCC(C)c2c(Cl)cccc2Cl)CC1. The lowest BCUT2D eigenvalue weighted by atomic mass is 9.95. The van der Waals surface area contributed by atoms with Gasteiger partial charge in [0.2, 0.25) is 5.91 Å². The fourth-order valence-corrected chi connectivity index (χ4v) is 3.91. The van der Waals surface area contributed by atoms with E-state index in [4.69, 9.17) is 27.9 Å². The lowest BCUT2D eigenvalue weighted by Gasteiger charge is -2.31. The molecule has 1 aromatic carbocycles. The van der Waals surface area contributed by atoms with Crippen LogP contribution in [0, 0.1) is 11.8 Å². The zero-order valence-electron chi connectivity index (χ0n) is 16.1. The van der Waals surface area contributed by atoms with Crippen molar-refractivity contribution in [3.63, 3.8) is 0 Å². The van der Waals surface area contributed by atoms with Gasteiger partial charge in [-0.2, -0.15) is 0 Å². The molecule has 2 rings (SSSR count). The Morgan fingerprint density at radius 2 is 1.78 bits per heavy atom. The second-order valence-electron chi connectivity index (χ2n) is 7.51. The van der Waals surface area contributed by atoms with Gasteiger partial charge in [0.25, 0.3) is 0 Å². The molecule has 1 aliphatic rings. The number of nitrogens with zero attached hydrogens (tertiary/aromatic N) is 1. The van der Waals surface area contributed by atoms with E-state index in [0.29, 0.717) is 55.0 Å². The molecule has 1 aliphatic heterocycles. The number of halogens is 2. The van der Waals surface area contributed by atoms with Crippen molar-refractivity contribution in [2.45, 2.75) is 39.5 Å². The summed E-state index contributed by atoms with van der Waals surface area (Å²) in [5.41, 5.74) is 0.851. The fourth-order valence-electron chi connectivity index (χ4n) is 3.14. The normalized spacial score (nSPS) is 16.3. The summed E-state index contributed by atoms with van der Waals surface area (Å²) in [6.45, 7) is 7.96. The Bertz CT molecular complexity index is 638. The number of likely N-dealkylation sites (tertiary alicyclic amines) is 1. The number of hydrogen-bond acceptors (Lipinski definition) is 3. The number of carbonyl (C=O) groups excluding carboxylic acids is 2. The Morgan fingerprint density at radius 1 is 1.19 bits per heavy atom. The monoisotopic (exact) mass is 414 g/mol. The van der Waals surface area contributed by atoms with Crippen LogP contribution in [0.1, 0.15) is 45.1 Å². The van der Waals surface area contributed by atoms with Crippen LogP contribution in [-0.2, 0) is 9.53 Å². The van der Waals surface area contributed by atoms with Crippen molar-refractivity contribution in [1.29, 1.82) is 0 Å². The Labute approximate surface area is 171 Å². The van der Waals surface area contributed by atoms with E-state index < -0.39 is 0 Å². The van der Waals surface area contributed by atoms with Crippen molar-refractivity contribution in [3.05, 3.63) is 33.8 Å². The summed E-state index contributed by atoms with van der Waals surface area (Å²) in [6.07, 6.45) is 0.998. The van der Waals surface area contributed by atoms with Crippen LogP contribution < -0.4 is 5.32 Å². The van der Waals surface area contributed by atoms with Crippen molar-refractivity contribution in [2.75, 3.05) is 26.2 Å². The Hall–Kier alpha value is -1.46. The number of piperidine rings is 1. The number of benzene rings is 1. The van der Waals surface area contributed by atoms with E-state index >= 15 is 0 Å². The quantitative estimate of drug-likeness (QED) is 0.732. The van der Waals surface area contributed by atoms with Crippen LogP contribution in [-0.4, -0.2) is 43.1 Å². The number of carbonyl (C=O) groups is 2. The molecule has 1 fully saturated rings. The van der Waals surface area contributed by atoms with Gasteiger partial charge in [0.15, 0.2) is 0 Å². The fraction of sp³-hybridized carbons (Fsp3) is 0.600. The molecule has 0 aliphatic carbocycles. The molecule has 27 heavy (non-hydrogen) atoms. The molecule has 0 spiro atoms. The van der Waals surface area contributed by atoms with Crippen LogP contribution in [0.15, 0.2) is 18.2 Å². The molecule has 0 aromatic heterocycles. The molecule has 0 bridgehead atoms. The number of nitrogens with one attached hydrogen (secondary N) is 1. The molecule has 1 atom stereocenters. The molecule has 1 N–H and O–H groups in total. The van der Waals surface area contributed by atoms with Crippen LogP contribution in [0.3, 0.4) is 0 Å². The van der Waals surface area contributed by atoms with E-state index in [9.17, 15) is 9.59 Å². The van der Waals surface area contributed by atoms with Gasteiger partial charge in [-0.1, -0.05) is 50.0 Å². The number of hydrogen-bond donors (Lipinski definition) is 1. The molecule has 150 valence electrons. The van der Waals surface area contributed by atoms with Crippen molar-refractivity contribution in [2.24, 2.45) is 11.8 Å². The summed E-state index contributed by atoms with van der Waals surface area (Å²) >= 11 is 12.5. The third-order valence-corrected chi connectivity index (χ3v) is 5.40. The van der Waals surface area contributed by atoms with E-state index in [1.165, 1.54) is 0 Å². The van der Waals surface area contributed by atoms with E-state index in [2.05, 4.69) is 5.32 Å². The standard InChI is InChI=1S/C20H28Cl2N2O3/c1-13(2)12-27-20(26)24-9-7-15(8-10-24)19(25)23-11-14(3)18-16(21)5-4-6-17(18)22/h4-6,13-15H,7-12H2,1-3H3,(H,23,25). The molecule has 1 saturated heterocycles. The first kappa shape index (κ1) is 21.8. The highest BCUT2D eigenvalue weighted by Gasteiger charge is 2.28. The topological polar surface area (TPSA) is 58.6 Å². The Morgan fingerprint density at radius 3 is 2.33 bits per heavy atom. The molecule has 2 amide bonds. The zero-order valence-corrected chi connectivity index (χ0v) is 17.6. The molecule has 7 heteroatoms. The Kier molecular flexibility index (Phi) is 8.24.